The highest BCUT2D eigenvalue weighted by atomic mass is 16.6. The molecule has 0 rings (SSSR count). The molecule has 0 spiro atoms. The van der Waals surface area contributed by atoms with Gasteiger partial charge in [-0.3, -0.25) is 4.79 Å². The molecule has 0 fully saturated rings. The summed E-state index contributed by atoms with van der Waals surface area (Å²) in [6, 6.07) is -0.725. The first kappa shape index (κ1) is 12.9. The summed E-state index contributed by atoms with van der Waals surface area (Å²) in [4.78, 5) is 21.9. The lowest BCUT2D eigenvalue weighted by Gasteiger charge is -2.19. The molecule has 0 heterocycles. The Kier molecular flexibility index (Phi) is 4.56. The third-order valence-electron chi connectivity index (χ3n) is 1.12. The molecule has 14 heavy (non-hydrogen) atoms. The number of rotatable bonds is 3. The summed E-state index contributed by atoms with van der Waals surface area (Å²) in [7, 11) is 0. The maximum atomic E-state index is 11.0. The lowest BCUT2D eigenvalue weighted by molar-refractivity contribution is -0.166. The maximum Gasteiger partial charge on any atom is 0.344 e. The van der Waals surface area contributed by atoms with E-state index < -0.39 is 30.2 Å². The van der Waals surface area contributed by atoms with E-state index in [1.807, 2.05) is 0 Å². The van der Waals surface area contributed by atoms with E-state index in [1.165, 1.54) is 6.92 Å². The minimum Gasteiger partial charge on any atom is -0.457 e. The second-order valence-electron chi connectivity index (χ2n) is 3.98. The molecule has 0 aliphatic heterocycles. The van der Waals surface area contributed by atoms with Crippen molar-refractivity contribution in [1.82, 2.24) is 0 Å². The van der Waals surface area contributed by atoms with Gasteiger partial charge in [0.2, 0.25) is 0 Å². The lowest BCUT2D eigenvalue weighted by atomic mass is 10.2. The van der Waals surface area contributed by atoms with Gasteiger partial charge in [0.05, 0.1) is 0 Å². The van der Waals surface area contributed by atoms with Crippen LogP contribution in [0, 0.1) is 0 Å². The van der Waals surface area contributed by atoms with Crippen LogP contribution < -0.4 is 5.73 Å². The zero-order valence-electron chi connectivity index (χ0n) is 8.99. The Morgan fingerprint density at radius 3 is 2.21 bits per heavy atom. The van der Waals surface area contributed by atoms with Gasteiger partial charge in [-0.25, -0.2) is 4.79 Å². The van der Waals surface area contributed by atoms with Gasteiger partial charge in [0.1, 0.15) is 11.6 Å². The standard InChI is InChI=1S/C9H17NO4/c1-6(10)8(12)13-5-7(11)14-9(2,3)4/h6H,5,10H2,1-4H3. The zero-order valence-corrected chi connectivity index (χ0v) is 8.99. The van der Waals surface area contributed by atoms with E-state index in [4.69, 9.17) is 10.5 Å². The van der Waals surface area contributed by atoms with Crippen LogP contribution in [0.3, 0.4) is 0 Å². The Labute approximate surface area is 83.5 Å². The van der Waals surface area contributed by atoms with Crippen molar-refractivity contribution in [1.29, 1.82) is 0 Å². The zero-order chi connectivity index (χ0) is 11.4. The van der Waals surface area contributed by atoms with Crippen molar-refractivity contribution < 1.29 is 19.1 Å². The summed E-state index contributed by atoms with van der Waals surface area (Å²) in [5, 5.41) is 0. The summed E-state index contributed by atoms with van der Waals surface area (Å²) in [5.41, 5.74) is 4.65. The number of carbonyl (C=O) groups excluding carboxylic acids is 2. The Balaban J connectivity index is 3.81. The van der Waals surface area contributed by atoms with E-state index in [1.54, 1.807) is 20.8 Å². The molecule has 0 aliphatic carbocycles. The quantitative estimate of drug-likeness (QED) is 0.664. The number of nitrogens with two attached hydrogens (primary N) is 1. The van der Waals surface area contributed by atoms with Crippen LogP contribution in [0.4, 0.5) is 0 Å². The molecule has 5 heteroatoms. The van der Waals surface area contributed by atoms with Gasteiger partial charge in [0, 0.05) is 0 Å². The van der Waals surface area contributed by atoms with E-state index in [0.29, 0.717) is 0 Å². The third kappa shape index (κ3) is 6.42. The predicted molar refractivity (Wildman–Crippen MR) is 50.5 cm³/mol. The third-order valence-corrected chi connectivity index (χ3v) is 1.12. The van der Waals surface area contributed by atoms with Crippen LogP contribution in [-0.4, -0.2) is 30.2 Å². The van der Waals surface area contributed by atoms with E-state index >= 15 is 0 Å². The number of carbonyl (C=O) groups is 2. The summed E-state index contributed by atoms with van der Waals surface area (Å²) in [5.74, 6) is -1.19. The molecule has 0 saturated carbocycles. The van der Waals surface area contributed by atoms with Gasteiger partial charge in [-0.2, -0.15) is 0 Å². The minimum atomic E-state index is -0.725. The van der Waals surface area contributed by atoms with Gasteiger partial charge < -0.3 is 15.2 Å². The number of esters is 2. The molecule has 0 aromatic carbocycles. The molecule has 2 N–H and O–H groups in total. The van der Waals surface area contributed by atoms with Gasteiger partial charge in [-0.15, -0.1) is 0 Å². The maximum absolute atomic E-state index is 11.0. The van der Waals surface area contributed by atoms with E-state index in [0.717, 1.165) is 0 Å². The summed E-state index contributed by atoms with van der Waals surface area (Å²) >= 11 is 0. The van der Waals surface area contributed by atoms with Gasteiger partial charge >= 0.3 is 11.9 Å². The predicted octanol–water partition coefficient (Wildman–Crippen LogP) is 0.218. The van der Waals surface area contributed by atoms with Crippen LogP contribution in [-0.2, 0) is 19.1 Å². The van der Waals surface area contributed by atoms with E-state index in [2.05, 4.69) is 4.74 Å². The molecule has 1 unspecified atom stereocenters. The Hall–Kier alpha value is -1.10. The van der Waals surface area contributed by atoms with Crippen molar-refractivity contribution in [2.75, 3.05) is 6.61 Å². The van der Waals surface area contributed by atoms with Crippen LogP contribution in [0.1, 0.15) is 27.7 Å². The fourth-order valence-corrected chi connectivity index (χ4v) is 0.632. The molecule has 0 amide bonds. The van der Waals surface area contributed by atoms with Crippen molar-refractivity contribution in [2.45, 2.75) is 39.3 Å². The van der Waals surface area contributed by atoms with Crippen molar-refractivity contribution in [3.63, 3.8) is 0 Å². The largest absolute Gasteiger partial charge is 0.457 e. The highest BCUT2D eigenvalue weighted by Crippen LogP contribution is 2.06. The SMILES string of the molecule is CC(N)C(=O)OCC(=O)OC(C)(C)C. The number of ether oxygens (including phenoxy) is 2. The van der Waals surface area contributed by atoms with Gasteiger partial charge in [-0.05, 0) is 27.7 Å². The molecule has 1 atom stereocenters. The summed E-state index contributed by atoms with van der Waals surface area (Å²) in [6.45, 7) is 6.30. The molecular weight excluding hydrogens is 186 g/mol. The molecule has 0 aromatic rings. The summed E-state index contributed by atoms with van der Waals surface area (Å²) in [6.07, 6.45) is 0. The number of hydrogen-bond donors (Lipinski definition) is 1. The molecule has 0 aliphatic rings. The average molecular weight is 203 g/mol. The van der Waals surface area contributed by atoms with Crippen LogP contribution >= 0.6 is 0 Å². The van der Waals surface area contributed by atoms with Crippen molar-refractivity contribution in [3.8, 4) is 0 Å². The normalized spacial score (nSPS) is 13.2. The first-order chi connectivity index (χ1) is 6.22. The molecule has 82 valence electrons. The Morgan fingerprint density at radius 1 is 1.36 bits per heavy atom. The first-order valence-corrected chi connectivity index (χ1v) is 4.36. The molecule has 0 bridgehead atoms. The van der Waals surface area contributed by atoms with Gasteiger partial charge in [0.15, 0.2) is 6.61 Å². The smallest absolute Gasteiger partial charge is 0.344 e. The van der Waals surface area contributed by atoms with Crippen LogP contribution in [0.5, 0.6) is 0 Å². The highest BCUT2D eigenvalue weighted by molar-refractivity contribution is 5.79. The second kappa shape index (κ2) is 4.95. The van der Waals surface area contributed by atoms with Crippen molar-refractivity contribution in [3.05, 3.63) is 0 Å². The highest BCUT2D eigenvalue weighted by Gasteiger charge is 2.18. The van der Waals surface area contributed by atoms with E-state index in [9.17, 15) is 9.59 Å². The van der Waals surface area contributed by atoms with Gasteiger partial charge in [-0.1, -0.05) is 0 Å². The van der Waals surface area contributed by atoms with Crippen LogP contribution in [0.15, 0.2) is 0 Å². The van der Waals surface area contributed by atoms with Crippen molar-refractivity contribution in [2.24, 2.45) is 5.73 Å². The molecule has 0 aromatic heterocycles. The lowest BCUT2D eigenvalue weighted by Crippen LogP contribution is -2.32. The van der Waals surface area contributed by atoms with Crippen molar-refractivity contribution >= 4 is 11.9 Å². The first-order valence-electron chi connectivity index (χ1n) is 4.36. The monoisotopic (exact) mass is 203 g/mol. The van der Waals surface area contributed by atoms with Crippen LogP contribution in [0.25, 0.3) is 0 Å². The fourth-order valence-electron chi connectivity index (χ4n) is 0.632. The van der Waals surface area contributed by atoms with Crippen LogP contribution in [0.2, 0.25) is 0 Å². The van der Waals surface area contributed by atoms with Gasteiger partial charge in [0.25, 0.3) is 0 Å². The topological polar surface area (TPSA) is 78.6 Å². The Morgan fingerprint density at radius 2 is 1.86 bits per heavy atom. The molecular formula is C9H17NO4. The molecule has 5 nitrogen and oxygen atoms in total. The summed E-state index contributed by atoms with van der Waals surface area (Å²) < 4.78 is 9.48. The minimum absolute atomic E-state index is 0.391. The Bertz CT molecular complexity index is 217. The van der Waals surface area contributed by atoms with E-state index in [-0.39, 0.29) is 0 Å². The fraction of sp³-hybridized carbons (Fsp3) is 0.778. The second-order valence-corrected chi connectivity index (χ2v) is 3.98. The molecule has 0 radical (unpaired) electrons. The molecule has 0 saturated heterocycles. The average Bonchev–Trinajstić information content (AvgIpc) is 1.96. The number of hydrogen-bond acceptors (Lipinski definition) is 5.